The summed E-state index contributed by atoms with van der Waals surface area (Å²) in [5, 5.41) is 3.12. The molecular formula is C25H27ClN2O7S. The van der Waals surface area contributed by atoms with Crippen molar-refractivity contribution in [3.63, 3.8) is 0 Å². The lowest BCUT2D eigenvalue weighted by Crippen LogP contribution is -2.31. The molecular weight excluding hydrogens is 508 g/mol. The van der Waals surface area contributed by atoms with Crippen molar-refractivity contribution in [2.75, 3.05) is 32.7 Å². The monoisotopic (exact) mass is 534 g/mol. The second kappa shape index (κ2) is 11.9. The molecule has 0 radical (unpaired) electrons. The molecule has 0 fully saturated rings. The van der Waals surface area contributed by atoms with E-state index in [1.165, 1.54) is 37.4 Å². The number of rotatable bonds is 11. The quantitative estimate of drug-likeness (QED) is 0.374. The van der Waals surface area contributed by atoms with E-state index in [0.29, 0.717) is 28.7 Å². The van der Waals surface area contributed by atoms with Gasteiger partial charge in [0.25, 0.3) is 15.9 Å². The van der Waals surface area contributed by atoms with E-state index >= 15 is 0 Å². The van der Waals surface area contributed by atoms with Gasteiger partial charge in [-0.05, 0) is 67.1 Å². The van der Waals surface area contributed by atoms with Crippen molar-refractivity contribution in [1.29, 1.82) is 0 Å². The first-order valence-electron chi connectivity index (χ1n) is 10.8. The van der Waals surface area contributed by atoms with E-state index in [9.17, 15) is 13.2 Å². The maximum Gasteiger partial charge on any atom is 0.261 e. The fourth-order valence-electron chi connectivity index (χ4n) is 3.30. The number of nitrogens with one attached hydrogen (secondary N) is 2. The van der Waals surface area contributed by atoms with E-state index in [1.807, 2.05) is 13.0 Å². The smallest absolute Gasteiger partial charge is 0.261 e. The number of ether oxygens (including phenoxy) is 4. The largest absolute Gasteiger partial charge is 0.495 e. The third-order valence-corrected chi connectivity index (χ3v) is 6.89. The molecule has 1 atom stereocenters. The van der Waals surface area contributed by atoms with Gasteiger partial charge in [-0.15, -0.1) is 0 Å². The van der Waals surface area contributed by atoms with Gasteiger partial charge in [0, 0.05) is 0 Å². The number of methoxy groups -OCH3 is 3. The second-order valence-electron chi connectivity index (χ2n) is 7.62. The standard InChI is InChI=1S/C25H27ClN2O7S/c1-16(17-5-11-23(33-3)24(13-17)34-4)27-25(29)15-35-19-7-9-20(10-8-19)36(30,31)28-18-6-12-22(32-2)21(26)14-18/h5-14,16,28H,15H2,1-4H3,(H,27,29)/t16-/m1/s1. The summed E-state index contributed by atoms with van der Waals surface area (Å²) in [6.45, 7) is 1.59. The fraction of sp³-hybridized carbons (Fsp3) is 0.240. The van der Waals surface area contributed by atoms with Crippen LogP contribution in [0.25, 0.3) is 0 Å². The van der Waals surface area contributed by atoms with Crippen LogP contribution in [0.5, 0.6) is 23.0 Å². The van der Waals surface area contributed by atoms with Crippen LogP contribution in [0.3, 0.4) is 0 Å². The van der Waals surface area contributed by atoms with Gasteiger partial charge in [0.2, 0.25) is 0 Å². The molecule has 3 rings (SSSR count). The predicted octanol–water partition coefficient (Wildman–Crippen LogP) is 4.42. The zero-order valence-electron chi connectivity index (χ0n) is 20.2. The molecule has 11 heteroatoms. The van der Waals surface area contributed by atoms with Gasteiger partial charge in [-0.3, -0.25) is 9.52 Å². The topological polar surface area (TPSA) is 112 Å². The van der Waals surface area contributed by atoms with Crippen molar-refractivity contribution < 1.29 is 32.2 Å². The van der Waals surface area contributed by atoms with E-state index in [2.05, 4.69) is 10.0 Å². The lowest BCUT2D eigenvalue weighted by atomic mass is 10.1. The van der Waals surface area contributed by atoms with Crippen LogP contribution in [0.1, 0.15) is 18.5 Å². The predicted molar refractivity (Wildman–Crippen MR) is 137 cm³/mol. The van der Waals surface area contributed by atoms with Crippen LogP contribution in [0.15, 0.2) is 65.6 Å². The van der Waals surface area contributed by atoms with Crippen molar-refractivity contribution in [1.82, 2.24) is 5.32 Å². The minimum Gasteiger partial charge on any atom is -0.495 e. The SMILES string of the molecule is COc1ccc(NS(=O)(=O)c2ccc(OCC(=O)N[C@H](C)c3ccc(OC)c(OC)c3)cc2)cc1Cl. The number of hydrogen-bond donors (Lipinski definition) is 2. The lowest BCUT2D eigenvalue weighted by molar-refractivity contribution is -0.123. The average Bonchev–Trinajstić information content (AvgIpc) is 2.87. The maximum atomic E-state index is 12.7. The van der Waals surface area contributed by atoms with Gasteiger partial charge in [0.15, 0.2) is 18.1 Å². The average molecular weight is 535 g/mol. The molecule has 3 aromatic carbocycles. The van der Waals surface area contributed by atoms with Gasteiger partial charge in [-0.2, -0.15) is 0 Å². The van der Waals surface area contributed by atoms with Crippen LogP contribution < -0.4 is 29.0 Å². The number of sulfonamides is 1. The highest BCUT2D eigenvalue weighted by Gasteiger charge is 2.16. The number of benzene rings is 3. The molecule has 192 valence electrons. The molecule has 3 aromatic rings. The Hall–Kier alpha value is -3.63. The van der Waals surface area contributed by atoms with Gasteiger partial charge < -0.3 is 24.3 Å². The molecule has 0 aromatic heterocycles. The van der Waals surface area contributed by atoms with Gasteiger partial charge in [-0.25, -0.2) is 8.42 Å². The van der Waals surface area contributed by atoms with E-state index in [4.69, 9.17) is 30.5 Å². The number of halogens is 1. The van der Waals surface area contributed by atoms with Crippen molar-refractivity contribution >= 4 is 33.2 Å². The Labute approximate surface area is 215 Å². The van der Waals surface area contributed by atoms with Gasteiger partial charge in [0.1, 0.15) is 11.5 Å². The Bertz CT molecular complexity index is 1310. The van der Waals surface area contributed by atoms with Crippen molar-refractivity contribution in [2.45, 2.75) is 17.9 Å². The molecule has 0 aliphatic carbocycles. The molecule has 0 aliphatic rings. The van der Waals surface area contributed by atoms with Crippen LogP contribution in [0.4, 0.5) is 5.69 Å². The van der Waals surface area contributed by atoms with Crippen LogP contribution in [-0.4, -0.2) is 42.3 Å². The normalized spacial score (nSPS) is 11.8. The first-order chi connectivity index (χ1) is 17.2. The first-order valence-corrected chi connectivity index (χ1v) is 12.6. The summed E-state index contributed by atoms with van der Waals surface area (Å²) in [6, 6.07) is 15.4. The Morgan fingerprint density at radius 3 is 2.14 bits per heavy atom. The highest BCUT2D eigenvalue weighted by Crippen LogP contribution is 2.30. The molecule has 9 nitrogen and oxygen atoms in total. The van der Waals surface area contributed by atoms with Gasteiger partial charge in [0.05, 0.1) is 43.0 Å². The summed E-state index contributed by atoms with van der Waals surface area (Å²) >= 11 is 6.06. The lowest BCUT2D eigenvalue weighted by Gasteiger charge is -2.17. The van der Waals surface area contributed by atoms with Crippen molar-refractivity contribution in [2.24, 2.45) is 0 Å². The Balaban J connectivity index is 1.57. The summed E-state index contributed by atoms with van der Waals surface area (Å²) < 4.78 is 48.9. The molecule has 2 N–H and O–H groups in total. The van der Waals surface area contributed by atoms with Crippen molar-refractivity contribution in [3.05, 3.63) is 71.2 Å². The first kappa shape index (κ1) is 27.0. The Morgan fingerprint density at radius 1 is 0.889 bits per heavy atom. The fourth-order valence-corrected chi connectivity index (χ4v) is 4.60. The Kier molecular flexibility index (Phi) is 8.89. The number of carbonyl (C=O) groups is 1. The van der Waals surface area contributed by atoms with E-state index in [1.54, 1.807) is 38.5 Å². The number of anilines is 1. The highest BCUT2D eigenvalue weighted by molar-refractivity contribution is 7.92. The molecule has 0 saturated carbocycles. The number of hydrogen-bond acceptors (Lipinski definition) is 7. The zero-order chi connectivity index (χ0) is 26.3. The van der Waals surface area contributed by atoms with Crippen LogP contribution in [-0.2, 0) is 14.8 Å². The van der Waals surface area contributed by atoms with E-state index in [-0.39, 0.29) is 28.5 Å². The van der Waals surface area contributed by atoms with E-state index in [0.717, 1.165) is 5.56 Å². The summed E-state index contributed by atoms with van der Waals surface area (Å²) in [6.07, 6.45) is 0. The van der Waals surface area contributed by atoms with Crippen LogP contribution in [0, 0.1) is 0 Å². The van der Waals surface area contributed by atoms with Crippen molar-refractivity contribution in [3.8, 4) is 23.0 Å². The molecule has 0 spiro atoms. The third kappa shape index (κ3) is 6.73. The number of carbonyl (C=O) groups excluding carboxylic acids is 1. The molecule has 0 aliphatic heterocycles. The van der Waals surface area contributed by atoms with E-state index < -0.39 is 10.0 Å². The van der Waals surface area contributed by atoms with Gasteiger partial charge in [-0.1, -0.05) is 17.7 Å². The molecule has 0 unspecified atom stereocenters. The minimum atomic E-state index is -3.86. The molecule has 0 heterocycles. The Morgan fingerprint density at radius 2 is 1.53 bits per heavy atom. The van der Waals surface area contributed by atoms with Gasteiger partial charge >= 0.3 is 0 Å². The summed E-state index contributed by atoms with van der Waals surface area (Å²) in [4.78, 5) is 12.4. The maximum absolute atomic E-state index is 12.7. The van der Waals surface area contributed by atoms with Crippen LogP contribution >= 0.6 is 11.6 Å². The summed E-state index contributed by atoms with van der Waals surface area (Å²) in [7, 11) is 0.704. The molecule has 0 bridgehead atoms. The highest BCUT2D eigenvalue weighted by atomic mass is 35.5. The minimum absolute atomic E-state index is 0.0216. The third-order valence-electron chi connectivity index (χ3n) is 5.19. The molecule has 1 amide bonds. The molecule has 36 heavy (non-hydrogen) atoms. The number of amides is 1. The van der Waals surface area contributed by atoms with Crippen LogP contribution in [0.2, 0.25) is 5.02 Å². The zero-order valence-corrected chi connectivity index (χ0v) is 21.8. The summed E-state index contributed by atoms with van der Waals surface area (Å²) in [5.41, 5.74) is 1.13. The molecule has 0 saturated heterocycles. The summed E-state index contributed by atoms with van der Waals surface area (Å²) in [5.74, 6) is 1.59. The second-order valence-corrected chi connectivity index (χ2v) is 9.71.